The van der Waals surface area contributed by atoms with Crippen LogP contribution in [-0.4, -0.2) is 26.7 Å². The summed E-state index contributed by atoms with van der Waals surface area (Å²) in [6.45, 7) is 3.61. The number of hydrogen-bond donors (Lipinski definition) is 2. The number of phenolic OH excluding ortho intramolecular Hbond substituents is 1. The van der Waals surface area contributed by atoms with E-state index in [1.165, 1.54) is 5.01 Å². The Balaban J connectivity index is 1.76. The van der Waals surface area contributed by atoms with Crippen LogP contribution < -0.4 is 5.56 Å². The largest absolute Gasteiger partial charge is 0.508 e. The number of carbonyl (C=O) groups is 1. The van der Waals surface area contributed by atoms with Crippen molar-refractivity contribution in [2.24, 2.45) is 11.0 Å². The van der Waals surface area contributed by atoms with Crippen LogP contribution in [0.1, 0.15) is 37.4 Å². The first kappa shape index (κ1) is 22.9. The summed E-state index contributed by atoms with van der Waals surface area (Å²) >= 11 is 6.35. The molecule has 5 rings (SSSR count). The fraction of sp³-hybridized carbons (Fsp3) is 0.179. The van der Waals surface area contributed by atoms with E-state index in [9.17, 15) is 14.7 Å². The highest BCUT2D eigenvalue weighted by molar-refractivity contribution is 6.31. The summed E-state index contributed by atoms with van der Waals surface area (Å²) in [7, 11) is 0. The molecule has 0 fully saturated rings. The van der Waals surface area contributed by atoms with Gasteiger partial charge in [-0.15, -0.1) is 0 Å². The molecule has 1 aliphatic heterocycles. The maximum Gasteiger partial charge on any atom is 0.258 e. The van der Waals surface area contributed by atoms with Gasteiger partial charge in [-0.25, -0.2) is 5.01 Å². The van der Waals surface area contributed by atoms with Gasteiger partial charge in [0.2, 0.25) is 5.91 Å². The Hall–Kier alpha value is -3.90. The molecule has 1 aliphatic rings. The minimum Gasteiger partial charge on any atom is -0.508 e. The van der Waals surface area contributed by atoms with Crippen LogP contribution in [0.4, 0.5) is 0 Å². The summed E-state index contributed by atoms with van der Waals surface area (Å²) in [6.07, 6.45) is 0.283. The van der Waals surface area contributed by atoms with Crippen LogP contribution >= 0.6 is 11.6 Å². The summed E-state index contributed by atoms with van der Waals surface area (Å²) in [4.78, 5) is 29.6. The number of halogens is 1. The molecule has 0 saturated carbocycles. The molecule has 1 aromatic heterocycles. The van der Waals surface area contributed by atoms with Crippen LogP contribution in [0, 0.1) is 5.92 Å². The molecule has 0 saturated heterocycles. The number of hydrazone groups is 1. The lowest BCUT2D eigenvalue weighted by Crippen LogP contribution is -2.30. The Morgan fingerprint density at radius 2 is 1.77 bits per heavy atom. The summed E-state index contributed by atoms with van der Waals surface area (Å²) in [5.41, 5.74) is 3.37. The second-order valence-corrected chi connectivity index (χ2v) is 9.36. The van der Waals surface area contributed by atoms with Crippen molar-refractivity contribution >= 4 is 34.1 Å². The molecule has 0 aliphatic carbocycles. The van der Waals surface area contributed by atoms with E-state index in [0.29, 0.717) is 32.9 Å². The van der Waals surface area contributed by atoms with Crippen LogP contribution in [0.2, 0.25) is 5.02 Å². The van der Waals surface area contributed by atoms with Gasteiger partial charge >= 0.3 is 0 Å². The fourth-order valence-corrected chi connectivity index (χ4v) is 4.76. The maximum atomic E-state index is 13.5. The molecule has 0 bridgehead atoms. The molecule has 0 spiro atoms. The maximum absolute atomic E-state index is 13.5. The number of carbonyl (C=O) groups excluding carboxylic acids is 1. The Morgan fingerprint density at radius 1 is 1.06 bits per heavy atom. The average molecular weight is 486 g/mol. The van der Waals surface area contributed by atoms with Crippen molar-refractivity contribution in [3.05, 3.63) is 99.3 Å². The smallest absolute Gasteiger partial charge is 0.258 e. The predicted octanol–water partition coefficient (Wildman–Crippen LogP) is 5.89. The van der Waals surface area contributed by atoms with Gasteiger partial charge in [0, 0.05) is 39.4 Å². The van der Waals surface area contributed by atoms with Crippen LogP contribution in [0.15, 0.2) is 82.7 Å². The van der Waals surface area contributed by atoms with Crippen molar-refractivity contribution in [2.75, 3.05) is 0 Å². The number of nitrogens with zero attached hydrogens (tertiary/aromatic N) is 2. The van der Waals surface area contributed by atoms with Gasteiger partial charge < -0.3 is 10.1 Å². The molecule has 3 aromatic carbocycles. The van der Waals surface area contributed by atoms with E-state index in [2.05, 4.69) is 4.98 Å². The molecule has 1 unspecified atom stereocenters. The van der Waals surface area contributed by atoms with Crippen molar-refractivity contribution in [1.82, 2.24) is 9.99 Å². The first-order valence-electron chi connectivity index (χ1n) is 11.4. The molecule has 1 amide bonds. The van der Waals surface area contributed by atoms with E-state index in [1.807, 2.05) is 42.5 Å². The SMILES string of the molecule is CC(C)C(=O)N1N=C(c2c(-c3ccccc3)c3cc(Cl)ccc3[nH]c2=O)CC1c1ccccc1O. The number of H-pyrrole nitrogens is 1. The first-order chi connectivity index (χ1) is 16.8. The molecule has 6 nitrogen and oxygen atoms in total. The normalized spacial score (nSPS) is 15.6. The Kier molecular flexibility index (Phi) is 5.91. The van der Waals surface area contributed by atoms with E-state index in [0.717, 1.165) is 10.9 Å². The van der Waals surface area contributed by atoms with Gasteiger partial charge in [-0.1, -0.05) is 74.0 Å². The van der Waals surface area contributed by atoms with E-state index >= 15 is 0 Å². The molecule has 176 valence electrons. The van der Waals surface area contributed by atoms with Crippen molar-refractivity contribution < 1.29 is 9.90 Å². The number of fused-ring (bicyclic) bond motifs is 1. The highest BCUT2D eigenvalue weighted by Gasteiger charge is 2.37. The first-order valence-corrected chi connectivity index (χ1v) is 11.8. The third-order valence-electron chi connectivity index (χ3n) is 6.25. The minimum atomic E-state index is -0.529. The molecule has 35 heavy (non-hydrogen) atoms. The van der Waals surface area contributed by atoms with Crippen LogP contribution in [0.25, 0.3) is 22.0 Å². The van der Waals surface area contributed by atoms with Crippen LogP contribution in [0.3, 0.4) is 0 Å². The number of aromatic hydroxyl groups is 1. The zero-order valence-corrected chi connectivity index (χ0v) is 20.1. The van der Waals surface area contributed by atoms with E-state index in [1.54, 1.807) is 44.2 Å². The molecular formula is C28H24ClN3O3. The molecule has 0 radical (unpaired) electrons. The summed E-state index contributed by atoms with van der Waals surface area (Å²) in [5.74, 6) is -0.415. The van der Waals surface area contributed by atoms with Gasteiger partial charge in [-0.05, 0) is 29.8 Å². The zero-order chi connectivity index (χ0) is 24.7. The number of hydrogen-bond acceptors (Lipinski definition) is 4. The van der Waals surface area contributed by atoms with E-state index in [-0.39, 0.29) is 29.6 Å². The third-order valence-corrected chi connectivity index (χ3v) is 6.49. The standard InChI is InChI=1S/C28H24ClN3O3/c1-16(2)28(35)32-23(19-10-6-7-11-24(19)33)15-22(31-32)26-25(17-8-4-3-5-9-17)20-14-18(29)12-13-21(20)30-27(26)34/h3-14,16,23,33H,15H2,1-2H3,(H,30,34). The molecule has 4 aromatic rings. The number of para-hydroxylation sites is 1. The summed E-state index contributed by atoms with van der Waals surface area (Å²) in [5, 5.41) is 18.0. The molecule has 7 heteroatoms. The zero-order valence-electron chi connectivity index (χ0n) is 19.3. The van der Waals surface area contributed by atoms with E-state index < -0.39 is 6.04 Å². The Morgan fingerprint density at radius 3 is 2.49 bits per heavy atom. The second kappa shape index (κ2) is 9.04. The number of pyridine rings is 1. The number of benzene rings is 3. The van der Waals surface area contributed by atoms with Gasteiger partial charge in [0.25, 0.3) is 5.56 Å². The monoisotopic (exact) mass is 485 g/mol. The Labute approximate surface area is 207 Å². The molecule has 1 atom stereocenters. The van der Waals surface area contributed by atoms with Crippen molar-refractivity contribution in [3.8, 4) is 16.9 Å². The lowest BCUT2D eigenvalue weighted by atomic mass is 9.91. The van der Waals surface area contributed by atoms with Crippen molar-refractivity contribution in [1.29, 1.82) is 0 Å². The number of aromatic nitrogens is 1. The highest BCUT2D eigenvalue weighted by atomic mass is 35.5. The Bertz CT molecular complexity index is 1530. The number of rotatable bonds is 4. The molecule has 2 heterocycles. The van der Waals surface area contributed by atoms with Crippen molar-refractivity contribution in [3.63, 3.8) is 0 Å². The van der Waals surface area contributed by atoms with Crippen LogP contribution in [-0.2, 0) is 4.79 Å². The lowest BCUT2D eigenvalue weighted by molar-refractivity contribution is -0.136. The molecular weight excluding hydrogens is 462 g/mol. The fourth-order valence-electron chi connectivity index (χ4n) is 4.59. The molecule has 2 N–H and O–H groups in total. The van der Waals surface area contributed by atoms with E-state index in [4.69, 9.17) is 16.7 Å². The van der Waals surface area contributed by atoms with Crippen molar-refractivity contribution in [2.45, 2.75) is 26.3 Å². The van der Waals surface area contributed by atoms with Gasteiger partial charge in [-0.3, -0.25) is 9.59 Å². The summed E-state index contributed by atoms with van der Waals surface area (Å²) < 4.78 is 0. The van der Waals surface area contributed by atoms with Gasteiger partial charge in [0.15, 0.2) is 0 Å². The average Bonchev–Trinajstić information content (AvgIpc) is 3.28. The minimum absolute atomic E-state index is 0.0815. The number of amides is 1. The number of aromatic amines is 1. The highest BCUT2D eigenvalue weighted by Crippen LogP contribution is 2.40. The number of nitrogens with one attached hydrogen (secondary N) is 1. The lowest BCUT2D eigenvalue weighted by Gasteiger charge is -2.24. The third kappa shape index (κ3) is 4.10. The predicted molar refractivity (Wildman–Crippen MR) is 139 cm³/mol. The van der Waals surface area contributed by atoms with Gasteiger partial charge in [0.05, 0.1) is 17.3 Å². The topological polar surface area (TPSA) is 85.8 Å². The summed E-state index contributed by atoms with van der Waals surface area (Å²) in [6, 6.07) is 21.3. The quantitative estimate of drug-likeness (QED) is 0.378. The number of phenols is 1. The van der Waals surface area contributed by atoms with Gasteiger partial charge in [-0.2, -0.15) is 5.10 Å². The second-order valence-electron chi connectivity index (χ2n) is 8.92. The van der Waals surface area contributed by atoms with Gasteiger partial charge in [0.1, 0.15) is 5.75 Å². The van der Waals surface area contributed by atoms with Crippen LogP contribution in [0.5, 0.6) is 5.75 Å².